The fourth-order valence-corrected chi connectivity index (χ4v) is 0. The minimum absolute atomic E-state index is 0. The maximum atomic E-state index is 9.47. The Hall–Kier alpha value is -0.620. The van der Waals surface area contributed by atoms with Crippen LogP contribution in [-0.2, 0) is 4.79 Å². The number of nitrogens with zero attached hydrogens (tertiary/aromatic N) is 1. The molecule has 0 aromatic heterocycles. The van der Waals surface area contributed by atoms with Gasteiger partial charge in [0.2, 0.25) is 5.91 Å². The maximum Gasteiger partial charge on any atom is 0.240 e. The first-order chi connectivity index (χ1) is 5.27. The average Bonchev–Trinajstić information content (AvgIpc) is 1.89. The van der Waals surface area contributed by atoms with E-state index in [0.29, 0.717) is 0 Å². The molecule has 0 heterocycles. The molecule has 0 aromatic rings. The van der Waals surface area contributed by atoms with Crippen molar-refractivity contribution in [1.82, 2.24) is 0 Å². The molecule has 0 aliphatic heterocycles. The van der Waals surface area contributed by atoms with Crippen molar-refractivity contribution < 1.29 is 21.7 Å². The number of rotatable bonds is 1. The van der Waals surface area contributed by atoms with Gasteiger partial charge in [0, 0.05) is 0 Å². The van der Waals surface area contributed by atoms with Crippen LogP contribution in [0.25, 0.3) is 0 Å². The van der Waals surface area contributed by atoms with Gasteiger partial charge in [-0.15, -0.1) is 0 Å². The molecule has 1 amide bonds. The van der Waals surface area contributed by atoms with Crippen LogP contribution < -0.4 is 29.8 Å². The van der Waals surface area contributed by atoms with Crippen LogP contribution in [0, 0.1) is 0 Å². The van der Waals surface area contributed by atoms with Crippen molar-refractivity contribution in [3.05, 3.63) is 12.7 Å². The van der Waals surface area contributed by atoms with E-state index in [1.54, 1.807) is 0 Å². The summed E-state index contributed by atoms with van der Waals surface area (Å²) in [5.74, 6) is 7.52. The highest BCUT2D eigenvalue weighted by Crippen LogP contribution is 1.73. The smallest absolute Gasteiger partial charge is 0.240 e. The lowest BCUT2D eigenvalue weighted by molar-refractivity contribution is -0.849. The molecule has 0 aliphatic rings. The van der Waals surface area contributed by atoms with Crippen molar-refractivity contribution in [3.8, 4) is 0 Å². The first-order valence-corrected chi connectivity index (χ1v) is 3.31. The van der Waals surface area contributed by atoms with Crippen molar-refractivity contribution in [2.24, 2.45) is 17.4 Å². The van der Waals surface area contributed by atoms with E-state index in [1.807, 2.05) is 0 Å². The summed E-state index contributed by atoms with van der Waals surface area (Å²) in [6.07, 6.45) is 1.06. The first kappa shape index (κ1) is 22.8. The number of nitrogens with two attached hydrogens (primary N) is 3. The largest absolute Gasteiger partial charge is 1.00 e. The molecule has 0 radical (unpaired) electrons. The van der Waals surface area contributed by atoms with Gasteiger partial charge in [0.15, 0.2) is 0 Å². The summed E-state index contributed by atoms with van der Waals surface area (Å²) in [5, 5.41) is 0. The second-order valence-electron chi connectivity index (χ2n) is 3.29. The molecular formula is C7H21ClN4O. The Bertz CT molecular complexity index is 116. The number of halogens is 1. The van der Waals surface area contributed by atoms with Crippen LogP contribution in [0.5, 0.6) is 0 Å². The average molecular weight is 213 g/mol. The molecule has 0 aromatic carbocycles. The third kappa shape index (κ3) is 526. The van der Waals surface area contributed by atoms with Crippen LogP contribution >= 0.6 is 0 Å². The molecule has 6 heteroatoms. The van der Waals surface area contributed by atoms with Gasteiger partial charge in [-0.05, 0) is 6.08 Å². The molecule has 0 unspecified atom stereocenters. The van der Waals surface area contributed by atoms with Gasteiger partial charge in [0.25, 0.3) is 0 Å². The monoisotopic (exact) mass is 212 g/mol. The topological polar surface area (TPSA) is 95.1 Å². The number of carbonyl (C=O) groups excluding carboxylic acids is 1. The van der Waals surface area contributed by atoms with E-state index >= 15 is 0 Å². The number of primary amides is 1. The third-order valence-electron chi connectivity index (χ3n) is 0.201. The van der Waals surface area contributed by atoms with E-state index < -0.39 is 5.91 Å². The molecular weight excluding hydrogens is 192 g/mol. The number of amides is 1. The molecule has 0 aliphatic carbocycles. The van der Waals surface area contributed by atoms with Gasteiger partial charge in [0.05, 0.1) is 28.2 Å². The van der Waals surface area contributed by atoms with Crippen molar-refractivity contribution in [3.63, 3.8) is 0 Å². The number of hydrazine groups is 1. The van der Waals surface area contributed by atoms with Crippen molar-refractivity contribution in [1.29, 1.82) is 0 Å². The SMILES string of the molecule is C=CC(N)=O.C[N+](C)(C)C.NN.[Cl-]. The van der Waals surface area contributed by atoms with Crippen LogP contribution in [0.2, 0.25) is 0 Å². The first-order valence-electron chi connectivity index (χ1n) is 3.31. The minimum atomic E-state index is -0.481. The van der Waals surface area contributed by atoms with Gasteiger partial charge in [0.1, 0.15) is 0 Å². The molecule has 0 rings (SSSR count). The molecule has 0 fully saturated rings. The van der Waals surface area contributed by atoms with E-state index in [1.165, 1.54) is 0 Å². The van der Waals surface area contributed by atoms with Crippen molar-refractivity contribution in [2.75, 3.05) is 28.2 Å². The molecule has 0 spiro atoms. The number of carbonyl (C=O) groups is 1. The molecule has 82 valence electrons. The Morgan fingerprint density at radius 2 is 1.31 bits per heavy atom. The summed E-state index contributed by atoms with van der Waals surface area (Å²) in [6, 6.07) is 0. The number of quaternary nitrogens is 1. The van der Waals surface area contributed by atoms with Gasteiger partial charge in [-0.1, -0.05) is 6.58 Å². The molecule has 0 atom stereocenters. The number of hydrogen-bond donors (Lipinski definition) is 3. The highest BCUT2D eigenvalue weighted by molar-refractivity contribution is 5.84. The molecule has 0 saturated carbocycles. The predicted octanol–water partition coefficient (Wildman–Crippen LogP) is -4.20. The lowest BCUT2D eigenvalue weighted by atomic mass is 10.6. The Kier molecular flexibility index (Phi) is 24.5. The lowest BCUT2D eigenvalue weighted by Gasteiger charge is -2.14. The molecule has 0 saturated heterocycles. The number of hydrogen-bond acceptors (Lipinski definition) is 3. The molecule has 6 N–H and O–H groups in total. The summed E-state index contributed by atoms with van der Waals surface area (Å²) < 4.78 is 1.00. The fraction of sp³-hybridized carbons (Fsp3) is 0.571. The Morgan fingerprint density at radius 3 is 1.31 bits per heavy atom. The zero-order valence-electron chi connectivity index (χ0n) is 8.75. The molecule has 5 nitrogen and oxygen atoms in total. The van der Waals surface area contributed by atoms with Gasteiger partial charge < -0.3 is 22.6 Å². The van der Waals surface area contributed by atoms with E-state index in [4.69, 9.17) is 0 Å². The van der Waals surface area contributed by atoms with Gasteiger partial charge in [-0.25, -0.2) is 0 Å². The van der Waals surface area contributed by atoms with Crippen LogP contribution in [-0.4, -0.2) is 38.6 Å². The second kappa shape index (κ2) is 13.9. The van der Waals surface area contributed by atoms with Gasteiger partial charge in [-0.3, -0.25) is 16.5 Å². The zero-order chi connectivity index (χ0) is 10.8. The van der Waals surface area contributed by atoms with E-state index in [0.717, 1.165) is 10.6 Å². The van der Waals surface area contributed by atoms with Crippen LogP contribution in [0.4, 0.5) is 0 Å². The normalized spacial score (nSPS) is 7.54. The third-order valence-corrected chi connectivity index (χ3v) is 0.201. The Labute approximate surface area is 86.5 Å². The summed E-state index contributed by atoms with van der Waals surface area (Å²) in [7, 11) is 8.50. The van der Waals surface area contributed by atoms with E-state index in [2.05, 4.69) is 52.2 Å². The molecule has 0 bridgehead atoms. The van der Waals surface area contributed by atoms with Crippen molar-refractivity contribution in [2.45, 2.75) is 0 Å². The summed E-state index contributed by atoms with van der Waals surface area (Å²) in [5.41, 5.74) is 4.53. The van der Waals surface area contributed by atoms with Gasteiger partial charge in [-0.2, -0.15) is 0 Å². The quantitative estimate of drug-likeness (QED) is 0.178. The fourth-order valence-electron chi connectivity index (χ4n) is 0. The molecule has 13 heavy (non-hydrogen) atoms. The van der Waals surface area contributed by atoms with E-state index in [9.17, 15) is 4.79 Å². The Morgan fingerprint density at radius 1 is 1.23 bits per heavy atom. The highest BCUT2D eigenvalue weighted by atomic mass is 35.5. The maximum absolute atomic E-state index is 9.47. The second-order valence-corrected chi connectivity index (χ2v) is 3.29. The lowest BCUT2D eigenvalue weighted by Crippen LogP contribution is -3.00. The standard InChI is InChI=1S/C4H12N.C3H5NO.ClH.H4N2/c1-5(2,3)4;1-2-3(4)5;;1-2/h1-4H3;2H,1H2,(H2,4,5);1H;1-2H2/q+1;;;/p-1. The highest BCUT2D eigenvalue weighted by Gasteiger charge is 1.88. The summed E-state index contributed by atoms with van der Waals surface area (Å²) in [6.45, 7) is 3.09. The van der Waals surface area contributed by atoms with Crippen molar-refractivity contribution >= 4 is 5.91 Å². The minimum Gasteiger partial charge on any atom is -1.00 e. The van der Waals surface area contributed by atoms with Crippen LogP contribution in [0.3, 0.4) is 0 Å². The predicted molar refractivity (Wildman–Crippen MR) is 51.7 cm³/mol. The van der Waals surface area contributed by atoms with E-state index in [-0.39, 0.29) is 12.4 Å². The van der Waals surface area contributed by atoms with Crippen LogP contribution in [0.15, 0.2) is 12.7 Å². The summed E-state index contributed by atoms with van der Waals surface area (Å²) in [4.78, 5) is 9.47. The zero-order valence-corrected chi connectivity index (χ0v) is 9.51. The Balaban J connectivity index is -0.0000000491. The summed E-state index contributed by atoms with van der Waals surface area (Å²) >= 11 is 0. The van der Waals surface area contributed by atoms with Gasteiger partial charge >= 0.3 is 0 Å². The van der Waals surface area contributed by atoms with Crippen LogP contribution in [0.1, 0.15) is 0 Å².